The lowest BCUT2D eigenvalue weighted by atomic mass is 10.4. The summed E-state index contributed by atoms with van der Waals surface area (Å²) in [6.45, 7) is 3.54. The third-order valence-electron chi connectivity index (χ3n) is 1.98. The van der Waals surface area contributed by atoms with Crippen LogP contribution in [-0.2, 0) is 4.74 Å². The summed E-state index contributed by atoms with van der Waals surface area (Å²) in [5, 5.41) is 0. The van der Waals surface area contributed by atoms with E-state index in [0.29, 0.717) is 0 Å². The molecule has 2 rings (SSSR count). The van der Waals surface area contributed by atoms with Gasteiger partial charge in [0, 0.05) is 19.3 Å². The molecule has 2 N–H and O–H groups in total. The van der Waals surface area contributed by atoms with Crippen LogP contribution < -0.4 is 10.6 Å². The predicted octanol–water partition coefficient (Wildman–Crippen LogP) is 0.493. The molecular formula is C10H17N3O. The molecule has 0 spiro atoms. The molecule has 0 unspecified atom stereocenters. The van der Waals surface area contributed by atoms with Crippen molar-refractivity contribution in [1.29, 1.82) is 0 Å². The molecule has 1 aliphatic rings. The van der Waals surface area contributed by atoms with Gasteiger partial charge in [-0.3, -0.25) is 0 Å². The maximum atomic E-state index is 5.25. The van der Waals surface area contributed by atoms with E-state index in [1.807, 2.05) is 24.4 Å². The van der Waals surface area contributed by atoms with Crippen molar-refractivity contribution in [3.63, 3.8) is 0 Å². The lowest BCUT2D eigenvalue weighted by Gasteiger charge is -2.27. The van der Waals surface area contributed by atoms with Crippen LogP contribution in [0.3, 0.4) is 0 Å². The molecule has 1 aromatic rings. The topological polar surface area (TPSA) is 51.4 Å². The van der Waals surface area contributed by atoms with Gasteiger partial charge in [-0.1, -0.05) is 6.07 Å². The van der Waals surface area contributed by atoms with Crippen LogP contribution in [0.2, 0.25) is 0 Å². The number of hydrogen-bond acceptors (Lipinski definition) is 4. The van der Waals surface area contributed by atoms with Gasteiger partial charge in [-0.15, -0.1) is 0 Å². The number of hydrogen-bond donors (Lipinski definition) is 1. The van der Waals surface area contributed by atoms with E-state index >= 15 is 0 Å². The fraction of sp³-hybridized carbons (Fsp3) is 0.500. The van der Waals surface area contributed by atoms with Crippen molar-refractivity contribution >= 4 is 5.82 Å². The fourth-order valence-corrected chi connectivity index (χ4v) is 1.33. The van der Waals surface area contributed by atoms with Gasteiger partial charge in [-0.05, 0) is 19.2 Å². The number of morpholine rings is 1. The minimum absolute atomic E-state index is 0.816. The fourth-order valence-electron chi connectivity index (χ4n) is 1.33. The van der Waals surface area contributed by atoms with E-state index in [2.05, 4.69) is 15.6 Å². The number of nitrogens with zero attached hydrogens (tertiary/aromatic N) is 2. The largest absolute Gasteiger partial charge is 0.378 e. The van der Waals surface area contributed by atoms with Crippen molar-refractivity contribution in [2.45, 2.75) is 0 Å². The van der Waals surface area contributed by atoms with E-state index < -0.39 is 0 Å². The highest BCUT2D eigenvalue weighted by Crippen LogP contribution is 2.10. The second-order valence-electron chi connectivity index (χ2n) is 2.79. The molecule has 1 fully saturated rings. The summed E-state index contributed by atoms with van der Waals surface area (Å²) in [5.74, 6) is 1.06. The number of nitrogens with two attached hydrogens (primary N) is 1. The van der Waals surface area contributed by atoms with Gasteiger partial charge in [0.2, 0.25) is 0 Å². The first kappa shape index (κ1) is 10.9. The molecule has 2 heterocycles. The number of ether oxygens (including phenoxy) is 1. The van der Waals surface area contributed by atoms with Crippen LogP contribution in [0.15, 0.2) is 24.4 Å². The molecular weight excluding hydrogens is 178 g/mol. The van der Waals surface area contributed by atoms with Gasteiger partial charge in [0.1, 0.15) is 5.82 Å². The summed E-state index contributed by atoms with van der Waals surface area (Å²) in [7, 11) is 1.50. The van der Waals surface area contributed by atoms with Gasteiger partial charge in [-0.25, -0.2) is 4.98 Å². The lowest BCUT2D eigenvalue weighted by molar-refractivity contribution is 0.122. The van der Waals surface area contributed by atoms with Crippen LogP contribution in [0.1, 0.15) is 0 Å². The minimum atomic E-state index is 0.816. The monoisotopic (exact) mass is 195 g/mol. The van der Waals surface area contributed by atoms with Crippen molar-refractivity contribution in [2.75, 3.05) is 38.3 Å². The molecule has 4 nitrogen and oxygen atoms in total. The Morgan fingerprint density at radius 3 is 2.57 bits per heavy atom. The first-order valence-electron chi connectivity index (χ1n) is 4.78. The first-order valence-corrected chi connectivity index (χ1v) is 4.78. The van der Waals surface area contributed by atoms with Crippen LogP contribution >= 0.6 is 0 Å². The first-order chi connectivity index (χ1) is 6.97. The Morgan fingerprint density at radius 1 is 1.29 bits per heavy atom. The molecule has 4 heteroatoms. The molecule has 1 aromatic heterocycles. The summed E-state index contributed by atoms with van der Waals surface area (Å²) >= 11 is 0. The van der Waals surface area contributed by atoms with E-state index in [4.69, 9.17) is 4.74 Å². The number of anilines is 1. The van der Waals surface area contributed by atoms with Gasteiger partial charge in [-0.2, -0.15) is 0 Å². The Bertz CT molecular complexity index is 234. The van der Waals surface area contributed by atoms with E-state index in [9.17, 15) is 0 Å². The molecule has 0 aliphatic carbocycles. The van der Waals surface area contributed by atoms with Gasteiger partial charge < -0.3 is 15.4 Å². The van der Waals surface area contributed by atoms with E-state index in [1.54, 1.807) is 0 Å². The van der Waals surface area contributed by atoms with E-state index in [1.165, 1.54) is 7.05 Å². The summed E-state index contributed by atoms with van der Waals surface area (Å²) < 4.78 is 5.25. The van der Waals surface area contributed by atoms with Crippen molar-refractivity contribution < 1.29 is 4.74 Å². The standard InChI is InChI=1S/C9H12N2O.CH5N/c1-2-4-10-9(3-1)11-5-7-12-8-6-11;1-2/h1-4H,5-8H2;2H2,1H3. The van der Waals surface area contributed by atoms with Gasteiger partial charge in [0.25, 0.3) is 0 Å². The Morgan fingerprint density at radius 2 is 2.00 bits per heavy atom. The summed E-state index contributed by atoms with van der Waals surface area (Å²) in [5.41, 5.74) is 4.50. The smallest absolute Gasteiger partial charge is 0.128 e. The zero-order valence-corrected chi connectivity index (χ0v) is 8.52. The van der Waals surface area contributed by atoms with E-state index in [-0.39, 0.29) is 0 Å². The highest BCUT2D eigenvalue weighted by molar-refractivity contribution is 5.37. The van der Waals surface area contributed by atoms with Gasteiger partial charge in [0.15, 0.2) is 0 Å². The lowest BCUT2D eigenvalue weighted by Crippen LogP contribution is -2.36. The van der Waals surface area contributed by atoms with Gasteiger partial charge in [0.05, 0.1) is 13.2 Å². The molecule has 0 radical (unpaired) electrons. The molecule has 1 aliphatic heterocycles. The van der Waals surface area contributed by atoms with E-state index in [0.717, 1.165) is 32.1 Å². The normalized spacial score (nSPS) is 15.7. The second kappa shape index (κ2) is 6.34. The Balaban J connectivity index is 0.000000461. The molecule has 0 atom stereocenters. The van der Waals surface area contributed by atoms with Crippen molar-refractivity contribution in [3.05, 3.63) is 24.4 Å². The van der Waals surface area contributed by atoms with Crippen molar-refractivity contribution in [3.8, 4) is 0 Å². The minimum Gasteiger partial charge on any atom is -0.378 e. The summed E-state index contributed by atoms with van der Waals surface area (Å²) in [6.07, 6.45) is 1.82. The van der Waals surface area contributed by atoms with Crippen LogP contribution in [0.5, 0.6) is 0 Å². The second-order valence-corrected chi connectivity index (χ2v) is 2.79. The number of aromatic nitrogens is 1. The Hall–Kier alpha value is -1.13. The number of pyridine rings is 1. The average Bonchev–Trinajstić information content (AvgIpc) is 2.34. The number of rotatable bonds is 1. The van der Waals surface area contributed by atoms with Crippen LogP contribution in [-0.4, -0.2) is 38.3 Å². The summed E-state index contributed by atoms with van der Waals surface area (Å²) in [4.78, 5) is 6.51. The molecule has 0 amide bonds. The molecule has 0 saturated carbocycles. The average molecular weight is 195 g/mol. The third-order valence-corrected chi connectivity index (χ3v) is 1.98. The maximum absolute atomic E-state index is 5.25. The van der Waals surface area contributed by atoms with Crippen LogP contribution in [0.25, 0.3) is 0 Å². The zero-order valence-electron chi connectivity index (χ0n) is 8.52. The van der Waals surface area contributed by atoms with Crippen molar-refractivity contribution in [1.82, 2.24) is 4.98 Å². The van der Waals surface area contributed by atoms with Gasteiger partial charge >= 0.3 is 0 Å². The molecule has 14 heavy (non-hydrogen) atoms. The molecule has 78 valence electrons. The SMILES string of the molecule is CN.c1ccc(N2CCOCC2)nc1. The molecule has 0 aromatic carbocycles. The maximum Gasteiger partial charge on any atom is 0.128 e. The molecule has 0 bridgehead atoms. The highest BCUT2D eigenvalue weighted by atomic mass is 16.5. The van der Waals surface area contributed by atoms with Crippen molar-refractivity contribution in [2.24, 2.45) is 5.73 Å². The van der Waals surface area contributed by atoms with Crippen LogP contribution in [0.4, 0.5) is 5.82 Å². The summed E-state index contributed by atoms with van der Waals surface area (Å²) in [6, 6.07) is 5.98. The zero-order chi connectivity index (χ0) is 10.2. The third kappa shape index (κ3) is 2.97. The molecule has 1 saturated heterocycles. The quantitative estimate of drug-likeness (QED) is 0.708. The predicted molar refractivity (Wildman–Crippen MR) is 57.4 cm³/mol. The Kier molecular flexibility index (Phi) is 4.96. The highest BCUT2D eigenvalue weighted by Gasteiger charge is 2.10. The van der Waals surface area contributed by atoms with Crippen LogP contribution in [0, 0.1) is 0 Å². The Labute approximate surface area is 84.7 Å².